The molecular formula is C4H11N2O+. The Morgan fingerprint density at radius 3 is 2.29 bits per heavy atom. The fraction of sp³-hybridized carbons (Fsp3) is 1.00. The van der Waals surface area contributed by atoms with Crippen LogP contribution in [0.3, 0.4) is 0 Å². The monoisotopic (exact) mass is 103 g/mol. The van der Waals surface area contributed by atoms with Gasteiger partial charge in [0.15, 0.2) is 0 Å². The van der Waals surface area contributed by atoms with Gasteiger partial charge in [-0.2, -0.15) is 0 Å². The molecule has 1 fully saturated rings. The molecule has 2 N–H and O–H groups in total. The maximum Gasteiger partial charge on any atom is 1.00 e. The third-order valence-electron chi connectivity index (χ3n) is 1.05. The maximum atomic E-state index is 5.39. The summed E-state index contributed by atoms with van der Waals surface area (Å²) >= 11 is 0. The van der Waals surface area contributed by atoms with Crippen LogP contribution in [0.15, 0.2) is 0 Å². The predicted octanol–water partition coefficient (Wildman–Crippen LogP) is -0.695. The Labute approximate surface area is 44.5 Å². The van der Waals surface area contributed by atoms with Gasteiger partial charge < -0.3 is 4.74 Å². The Bertz CT molecular complexity index is 56.0. The molecule has 0 aromatic heterocycles. The first-order chi connectivity index (χ1) is 3.39. The van der Waals surface area contributed by atoms with E-state index in [1.807, 2.05) is 0 Å². The second-order valence-corrected chi connectivity index (χ2v) is 1.65. The molecule has 0 aliphatic carbocycles. The number of morpholine rings is 1. The molecule has 0 atom stereocenters. The number of ether oxygens (including phenoxy) is 1. The van der Waals surface area contributed by atoms with Crippen molar-refractivity contribution in [3.63, 3.8) is 0 Å². The van der Waals surface area contributed by atoms with Crippen LogP contribution in [0.5, 0.6) is 0 Å². The molecule has 42 valence electrons. The van der Waals surface area contributed by atoms with E-state index in [-0.39, 0.29) is 1.43 Å². The molecule has 1 heterocycles. The van der Waals surface area contributed by atoms with E-state index in [9.17, 15) is 0 Å². The van der Waals surface area contributed by atoms with E-state index >= 15 is 0 Å². The van der Waals surface area contributed by atoms with Crippen molar-refractivity contribution in [1.82, 2.24) is 5.01 Å². The molecule has 0 saturated carbocycles. The van der Waals surface area contributed by atoms with E-state index in [4.69, 9.17) is 10.6 Å². The molecule has 1 rings (SSSR count). The summed E-state index contributed by atoms with van der Waals surface area (Å²) in [5.41, 5.74) is 0. The summed E-state index contributed by atoms with van der Waals surface area (Å²) < 4.78 is 5.02. The molecule has 1 saturated heterocycles. The van der Waals surface area contributed by atoms with Crippen molar-refractivity contribution in [3.8, 4) is 0 Å². The summed E-state index contributed by atoms with van der Waals surface area (Å²) in [4.78, 5) is 0. The zero-order valence-electron chi connectivity index (χ0n) is 5.26. The highest BCUT2D eigenvalue weighted by Gasteiger charge is 2.02. The first-order valence-electron chi connectivity index (χ1n) is 2.47. The third-order valence-corrected chi connectivity index (χ3v) is 1.05. The second-order valence-electron chi connectivity index (χ2n) is 1.65. The number of nitrogens with two attached hydrogens (primary N) is 1. The van der Waals surface area contributed by atoms with Gasteiger partial charge in [-0.1, -0.05) is 0 Å². The van der Waals surface area contributed by atoms with E-state index in [1.54, 1.807) is 5.01 Å². The van der Waals surface area contributed by atoms with E-state index in [2.05, 4.69) is 0 Å². The smallest absolute Gasteiger partial charge is 0.379 e. The lowest BCUT2D eigenvalue weighted by Crippen LogP contribution is -2.41. The molecule has 0 radical (unpaired) electrons. The fourth-order valence-corrected chi connectivity index (χ4v) is 0.577. The topological polar surface area (TPSA) is 38.5 Å². The van der Waals surface area contributed by atoms with Crippen molar-refractivity contribution >= 4 is 0 Å². The van der Waals surface area contributed by atoms with Gasteiger partial charge in [-0.3, -0.25) is 5.84 Å². The standard InChI is InChI=1S/C4H10N2O/c5-6-1-3-7-4-2-6/h1-5H2/p+1. The highest BCUT2D eigenvalue weighted by Crippen LogP contribution is 1.86. The summed E-state index contributed by atoms with van der Waals surface area (Å²) in [6.07, 6.45) is 0. The summed E-state index contributed by atoms with van der Waals surface area (Å²) in [6.45, 7) is 3.33. The van der Waals surface area contributed by atoms with Crippen molar-refractivity contribution in [2.75, 3.05) is 26.3 Å². The molecule has 0 aromatic rings. The number of rotatable bonds is 0. The van der Waals surface area contributed by atoms with Crippen molar-refractivity contribution in [2.24, 2.45) is 5.84 Å². The van der Waals surface area contributed by atoms with Crippen LogP contribution in [0.25, 0.3) is 0 Å². The molecule has 0 aromatic carbocycles. The zero-order chi connectivity index (χ0) is 5.11. The van der Waals surface area contributed by atoms with Crippen molar-refractivity contribution in [1.29, 1.82) is 0 Å². The van der Waals surface area contributed by atoms with E-state index in [0.717, 1.165) is 26.3 Å². The summed E-state index contributed by atoms with van der Waals surface area (Å²) in [5.74, 6) is 5.39. The summed E-state index contributed by atoms with van der Waals surface area (Å²) in [7, 11) is 0. The van der Waals surface area contributed by atoms with Gasteiger partial charge in [0, 0.05) is 13.1 Å². The third kappa shape index (κ3) is 1.43. The van der Waals surface area contributed by atoms with Crippen molar-refractivity contribution in [3.05, 3.63) is 0 Å². The van der Waals surface area contributed by atoms with Crippen molar-refractivity contribution in [2.45, 2.75) is 0 Å². The van der Waals surface area contributed by atoms with Crippen LogP contribution in [0, 0.1) is 0 Å². The molecule has 0 unspecified atom stereocenters. The Balaban J connectivity index is 0.000000490. The van der Waals surface area contributed by atoms with Gasteiger partial charge in [0.05, 0.1) is 13.2 Å². The average molecular weight is 103 g/mol. The lowest BCUT2D eigenvalue weighted by Gasteiger charge is -2.20. The minimum atomic E-state index is 0. The number of hydrazine groups is 1. The van der Waals surface area contributed by atoms with Crippen LogP contribution in [0.1, 0.15) is 1.43 Å². The highest BCUT2D eigenvalue weighted by molar-refractivity contribution is 4.51. The Morgan fingerprint density at radius 1 is 1.43 bits per heavy atom. The van der Waals surface area contributed by atoms with Crippen LogP contribution in [0.4, 0.5) is 0 Å². The molecule has 3 nitrogen and oxygen atoms in total. The van der Waals surface area contributed by atoms with Gasteiger partial charge in [0.2, 0.25) is 0 Å². The SMILES string of the molecule is NN1CCOCC1.[H+]. The largest absolute Gasteiger partial charge is 1.00 e. The van der Waals surface area contributed by atoms with E-state index in [0.29, 0.717) is 0 Å². The molecule has 0 bridgehead atoms. The molecular weight excluding hydrogens is 92.1 g/mol. The lowest BCUT2D eigenvalue weighted by atomic mass is 10.5. The molecule has 1 aliphatic heterocycles. The zero-order valence-corrected chi connectivity index (χ0v) is 4.26. The molecule has 1 aliphatic rings. The molecule has 0 amide bonds. The first kappa shape index (κ1) is 5.03. The van der Waals surface area contributed by atoms with Gasteiger partial charge in [0.25, 0.3) is 0 Å². The summed E-state index contributed by atoms with van der Waals surface area (Å²) in [5, 5.41) is 1.77. The number of nitrogens with zero attached hydrogens (tertiary/aromatic N) is 1. The van der Waals surface area contributed by atoms with Gasteiger partial charge >= 0.3 is 1.43 Å². The second kappa shape index (κ2) is 2.26. The van der Waals surface area contributed by atoms with Gasteiger partial charge in [-0.25, -0.2) is 5.01 Å². The highest BCUT2D eigenvalue weighted by atomic mass is 16.5. The minimum Gasteiger partial charge on any atom is -0.379 e. The number of hydrogen-bond acceptors (Lipinski definition) is 3. The van der Waals surface area contributed by atoms with E-state index < -0.39 is 0 Å². The van der Waals surface area contributed by atoms with Gasteiger partial charge in [-0.05, 0) is 0 Å². The quantitative estimate of drug-likeness (QED) is 0.412. The summed E-state index contributed by atoms with van der Waals surface area (Å²) in [6, 6.07) is 0. The average Bonchev–Trinajstić information content (AvgIpc) is 1.69. The maximum absolute atomic E-state index is 5.39. The molecule has 7 heavy (non-hydrogen) atoms. The Morgan fingerprint density at radius 2 is 2.00 bits per heavy atom. The van der Waals surface area contributed by atoms with E-state index in [1.165, 1.54) is 0 Å². The minimum absolute atomic E-state index is 0. The van der Waals surface area contributed by atoms with Gasteiger partial charge in [0.1, 0.15) is 0 Å². The predicted molar refractivity (Wildman–Crippen MR) is 27.7 cm³/mol. The van der Waals surface area contributed by atoms with Crippen LogP contribution < -0.4 is 5.84 Å². The molecule has 0 spiro atoms. The van der Waals surface area contributed by atoms with Crippen LogP contribution in [-0.2, 0) is 4.74 Å². The van der Waals surface area contributed by atoms with Crippen LogP contribution >= 0.6 is 0 Å². The van der Waals surface area contributed by atoms with Crippen LogP contribution in [-0.4, -0.2) is 31.3 Å². The van der Waals surface area contributed by atoms with Crippen LogP contribution in [0.2, 0.25) is 0 Å². The first-order valence-corrected chi connectivity index (χ1v) is 2.47. The number of hydrogen-bond donors (Lipinski definition) is 1. The lowest BCUT2D eigenvalue weighted by molar-refractivity contribution is 0.0378. The van der Waals surface area contributed by atoms with Crippen molar-refractivity contribution < 1.29 is 6.16 Å². The Hall–Kier alpha value is -0.120. The Kier molecular flexibility index (Phi) is 1.62. The normalized spacial score (nSPS) is 25.3. The van der Waals surface area contributed by atoms with Gasteiger partial charge in [-0.15, -0.1) is 0 Å². The molecule has 3 heteroatoms. The fourth-order valence-electron chi connectivity index (χ4n) is 0.577.